The Morgan fingerprint density at radius 2 is 2.22 bits per heavy atom. The van der Waals surface area contributed by atoms with Gasteiger partial charge in [0.15, 0.2) is 0 Å². The van der Waals surface area contributed by atoms with E-state index in [0.717, 1.165) is 0 Å². The van der Waals surface area contributed by atoms with Crippen molar-refractivity contribution >= 4 is 11.8 Å². The minimum atomic E-state index is -2.76. The highest BCUT2D eigenvalue weighted by atomic mass is 19.3. The van der Waals surface area contributed by atoms with E-state index in [0.29, 0.717) is 0 Å². The first-order valence-electron chi connectivity index (χ1n) is 5.41. The number of esters is 1. The molecule has 0 aliphatic heterocycles. The number of pyridine rings is 1. The second-order valence-corrected chi connectivity index (χ2v) is 3.55. The fraction of sp³-hybridized carbons (Fsp3) is 0.455. The van der Waals surface area contributed by atoms with Gasteiger partial charge in [-0.15, -0.1) is 0 Å². The van der Waals surface area contributed by atoms with E-state index in [1.807, 2.05) is 0 Å². The van der Waals surface area contributed by atoms with Crippen LogP contribution in [0.3, 0.4) is 0 Å². The van der Waals surface area contributed by atoms with Crippen LogP contribution in [0.1, 0.15) is 30.2 Å². The lowest BCUT2D eigenvalue weighted by molar-refractivity contribution is -0.142. The standard InChI is InChI=1S/C11H15F2N3O2/c1-2-18-9(17)4-7-10(11(12)13)6(5-14)3-8(15)16-7/h3,11H,2,4-5,14H2,1H3,(H2,15,16). The van der Waals surface area contributed by atoms with E-state index in [1.165, 1.54) is 6.07 Å². The smallest absolute Gasteiger partial charge is 0.311 e. The summed E-state index contributed by atoms with van der Waals surface area (Å²) in [6, 6.07) is 1.29. The van der Waals surface area contributed by atoms with E-state index in [1.54, 1.807) is 6.92 Å². The van der Waals surface area contributed by atoms with Crippen molar-refractivity contribution in [3.8, 4) is 0 Å². The topological polar surface area (TPSA) is 91.2 Å². The molecule has 5 nitrogen and oxygen atoms in total. The van der Waals surface area contributed by atoms with Crippen LogP contribution in [0.4, 0.5) is 14.6 Å². The molecule has 0 radical (unpaired) electrons. The second-order valence-electron chi connectivity index (χ2n) is 3.55. The van der Waals surface area contributed by atoms with Crippen LogP contribution < -0.4 is 11.5 Å². The lowest BCUT2D eigenvalue weighted by Gasteiger charge is -2.13. The first-order valence-corrected chi connectivity index (χ1v) is 5.41. The molecule has 18 heavy (non-hydrogen) atoms. The highest BCUT2D eigenvalue weighted by molar-refractivity contribution is 5.72. The Labute approximate surface area is 103 Å². The number of hydrogen-bond donors (Lipinski definition) is 2. The molecule has 0 amide bonds. The Balaban J connectivity index is 3.15. The summed E-state index contributed by atoms with van der Waals surface area (Å²) in [5.41, 5.74) is 10.7. The van der Waals surface area contributed by atoms with E-state index in [4.69, 9.17) is 16.2 Å². The van der Waals surface area contributed by atoms with Gasteiger partial charge in [-0.3, -0.25) is 4.79 Å². The third-order valence-electron chi connectivity index (χ3n) is 2.30. The normalized spacial score (nSPS) is 10.7. The molecule has 0 fully saturated rings. The minimum Gasteiger partial charge on any atom is -0.466 e. The number of anilines is 1. The van der Waals surface area contributed by atoms with Gasteiger partial charge in [-0.05, 0) is 18.6 Å². The summed E-state index contributed by atoms with van der Waals surface area (Å²) in [6.07, 6.45) is -3.10. The number of nitrogens with two attached hydrogens (primary N) is 2. The molecule has 1 heterocycles. The summed E-state index contributed by atoms with van der Waals surface area (Å²) in [4.78, 5) is 15.1. The Morgan fingerprint density at radius 1 is 1.56 bits per heavy atom. The Hall–Kier alpha value is -1.76. The molecule has 0 saturated carbocycles. The number of carbonyl (C=O) groups is 1. The number of halogens is 2. The van der Waals surface area contributed by atoms with Crippen LogP contribution >= 0.6 is 0 Å². The van der Waals surface area contributed by atoms with Crippen molar-refractivity contribution in [2.45, 2.75) is 26.3 Å². The van der Waals surface area contributed by atoms with Crippen LogP contribution in [0, 0.1) is 0 Å². The van der Waals surface area contributed by atoms with Crippen LogP contribution in [-0.2, 0) is 22.5 Å². The Morgan fingerprint density at radius 3 is 2.72 bits per heavy atom. The maximum absolute atomic E-state index is 13.0. The average Bonchev–Trinajstić information content (AvgIpc) is 2.27. The van der Waals surface area contributed by atoms with Gasteiger partial charge in [0.1, 0.15) is 5.82 Å². The van der Waals surface area contributed by atoms with E-state index < -0.39 is 12.4 Å². The molecule has 7 heteroatoms. The Bertz CT molecular complexity index is 439. The fourth-order valence-corrected chi connectivity index (χ4v) is 1.61. The zero-order chi connectivity index (χ0) is 13.7. The van der Waals surface area contributed by atoms with Crippen molar-refractivity contribution in [3.63, 3.8) is 0 Å². The molecule has 100 valence electrons. The van der Waals surface area contributed by atoms with Crippen molar-refractivity contribution in [1.29, 1.82) is 0 Å². The molecule has 0 unspecified atom stereocenters. The van der Waals surface area contributed by atoms with Gasteiger partial charge < -0.3 is 16.2 Å². The predicted molar refractivity (Wildman–Crippen MR) is 61.8 cm³/mol. The van der Waals surface area contributed by atoms with Gasteiger partial charge in [0.25, 0.3) is 6.43 Å². The molecule has 0 atom stereocenters. The number of rotatable bonds is 5. The van der Waals surface area contributed by atoms with Crippen LogP contribution in [-0.4, -0.2) is 17.6 Å². The third kappa shape index (κ3) is 3.36. The van der Waals surface area contributed by atoms with E-state index >= 15 is 0 Å². The van der Waals surface area contributed by atoms with Crippen molar-refractivity contribution in [2.24, 2.45) is 5.73 Å². The minimum absolute atomic E-state index is 0.0548. The summed E-state index contributed by atoms with van der Waals surface area (Å²) < 4.78 is 30.6. The molecule has 1 aromatic rings. The first-order chi connectivity index (χ1) is 8.49. The average molecular weight is 259 g/mol. The quantitative estimate of drug-likeness (QED) is 0.774. The number of carbonyl (C=O) groups excluding carboxylic acids is 1. The molecule has 0 aliphatic rings. The molecule has 0 aliphatic carbocycles. The highest BCUT2D eigenvalue weighted by Gasteiger charge is 2.21. The monoisotopic (exact) mass is 259 g/mol. The first kappa shape index (κ1) is 14.3. The van der Waals surface area contributed by atoms with E-state index in [-0.39, 0.29) is 42.2 Å². The van der Waals surface area contributed by atoms with Gasteiger partial charge >= 0.3 is 5.97 Å². The summed E-state index contributed by atoms with van der Waals surface area (Å²) in [5.74, 6) is -0.570. The van der Waals surface area contributed by atoms with Crippen molar-refractivity contribution < 1.29 is 18.3 Å². The summed E-state index contributed by atoms with van der Waals surface area (Å²) in [7, 11) is 0. The molecule has 0 spiro atoms. The van der Waals surface area contributed by atoms with Crippen molar-refractivity contribution in [3.05, 3.63) is 22.9 Å². The summed E-state index contributed by atoms with van der Waals surface area (Å²) in [6.45, 7) is 1.71. The lowest BCUT2D eigenvalue weighted by atomic mass is 10.0. The lowest BCUT2D eigenvalue weighted by Crippen LogP contribution is -2.15. The number of alkyl halides is 2. The molecule has 4 N–H and O–H groups in total. The number of hydrogen-bond acceptors (Lipinski definition) is 5. The SMILES string of the molecule is CCOC(=O)Cc1nc(N)cc(CN)c1C(F)F. The number of ether oxygens (including phenoxy) is 1. The Kier molecular flexibility index (Phi) is 4.96. The molecular formula is C11H15F2N3O2. The van der Waals surface area contributed by atoms with Crippen molar-refractivity contribution in [1.82, 2.24) is 4.98 Å². The zero-order valence-corrected chi connectivity index (χ0v) is 9.95. The second kappa shape index (κ2) is 6.25. The molecule has 0 bridgehead atoms. The number of nitrogen functional groups attached to an aromatic ring is 1. The van der Waals surface area contributed by atoms with Gasteiger partial charge in [0, 0.05) is 12.1 Å². The predicted octanol–water partition coefficient (Wildman–Crippen LogP) is 1.17. The van der Waals surface area contributed by atoms with Gasteiger partial charge in [0.05, 0.1) is 18.7 Å². The van der Waals surface area contributed by atoms with Gasteiger partial charge in [0.2, 0.25) is 0 Å². The largest absolute Gasteiger partial charge is 0.466 e. The van der Waals surface area contributed by atoms with Crippen LogP contribution in [0.15, 0.2) is 6.07 Å². The zero-order valence-electron chi connectivity index (χ0n) is 9.95. The van der Waals surface area contributed by atoms with E-state index in [9.17, 15) is 13.6 Å². The third-order valence-corrected chi connectivity index (χ3v) is 2.30. The van der Waals surface area contributed by atoms with Crippen LogP contribution in [0.5, 0.6) is 0 Å². The fourth-order valence-electron chi connectivity index (χ4n) is 1.61. The number of aromatic nitrogens is 1. The summed E-state index contributed by atoms with van der Waals surface area (Å²) >= 11 is 0. The van der Waals surface area contributed by atoms with Gasteiger partial charge in [-0.25, -0.2) is 13.8 Å². The maximum Gasteiger partial charge on any atom is 0.311 e. The molecule has 1 rings (SSSR count). The molecule has 1 aromatic heterocycles. The number of nitrogens with zero attached hydrogens (tertiary/aromatic N) is 1. The maximum atomic E-state index is 13.0. The van der Waals surface area contributed by atoms with Crippen LogP contribution in [0.25, 0.3) is 0 Å². The highest BCUT2D eigenvalue weighted by Crippen LogP contribution is 2.27. The van der Waals surface area contributed by atoms with Gasteiger partial charge in [-0.1, -0.05) is 0 Å². The molecule has 0 saturated heterocycles. The summed E-state index contributed by atoms with van der Waals surface area (Å²) in [5, 5.41) is 0. The van der Waals surface area contributed by atoms with Gasteiger partial charge in [-0.2, -0.15) is 0 Å². The van der Waals surface area contributed by atoms with E-state index in [2.05, 4.69) is 4.98 Å². The molecular weight excluding hydrogens is 244 g/mol. The van der Waals surface area contributed by atoms with Crippen LogP contribution in [0.2, 0.25) is 0 Å². The van der Waals surface area contributed by atoms with Crippen molar-refractivity contribution in [2.75, 3.05) is 12.3 Å². The molecule has 0 aromatic carbocycles.